The molecule has 0 aromatic carbocycles. The van der Waals surface area contributed by atoms with Crippen LogP contribution in [-0.4, -0.2) is 15.1 Å². The van der Waals surface area contributed by atoms with Crippen LogP contribution in [0.15, 0.2) is 5.10 Å². The first kappa shape index (κ1) is 11.0. The van der Waals surface area contributed by atoms with Crippen molar-refractivity contribution < 1.29 is 5.03 Å². The molecule has 2 bridgehead atoms. The number of halogens is 1. The smallest absolute Gasteiger partial charge is 0.190 e. The predicted molar refractivity (Wildman–Crippen MR) is 61.8 cm³/mol. The highest BCUT2D eigenvalue weighted by Gasteiger charge is 2.66. The summed E-state index contributed by atoms with van der Waals surface area (Å²) < 4.78 is -0.224. The maximum Gasteiger partial charge on any atom is 0.190 e. The number of rotatable bonds is 1. The van der Waals surface area contributed by atoms with Crippen LogP contribution in [0.4, 0.5) is 0 Å². The lowest BCUT2D eigenvalue weighted by Gasteiger charge is -2.39. The molecule has 0 unspecified atom stereocenters. The van der Waals surface area contributed by atoms with Crippen LogP contribution in [0, 0.1) is 20.9 Å². The van der Waals surface area contributed by atoms with Crippen molar-refractivity contribution in [3.8, 4) is 0 Å². The molecule has 2 atom stereocenters. The van der Waals surface area contributed by atoms with E-state index < -0.39 is 5.03 Å². The minimum atomic E-state index is -0.565. The summed E-state index contributed by atoms with van der Waals surface area (Å²) in [6, 6.07) is 0. The number of alkyl halides is 1. The first-order chi connectivity index (χ1) is 6.71. The normalized spacial score (nSPS) is 44.9. The van der Waals surface area contributed by atoms with E-state index in [0.717, 1.165) is 19.3 Å². The molecular formula is C10H15BrN2O2. The monoisotopic (exact) mass is 274 g/mol. The second-order valence-corrected chi connectivity index (χ2v) is 7.03. The molecule has 2 aliphatic rings. The molecule has 0 amide bonds. The van der Waals surface area contributed by atoms with Gasteiger partial charge >= 0.3 is 0 Å². The summed E-state index contributed by atoms with van der Waals surface area (Å²) in [4.78, 5) is 10.6. The summed E-state index contributed by atoms with van der Waals surface area (Å²) in [5.74, 6) is 0. The third kappa shape index (κ3) is 1.28. The topological polar surface area (TPSA) is 55.5 Å². The van der Waals surface area contributed by atoms with Crippen molar-refractivity contribution in [3.05, 3.63) is 10.1 Å². The Kier molecular flexibility index (Phi) is 2.07. The highest BCUT2D eigenvalue weighted by molar-refractivity contribution is 9.10. The Bertz CT molecular complexity index is 366. The molecule has 5 heteroatoms. The largest absolute Gasteiger partial charge is 0.233 e. The Hall–Kier alpha value is -0.450. The summed E-state index contributed by atoms with van der Waals surface area (Å²) in [6.07, 6.45) is 3.03. The Morgan fingerprint density at radius 1 is 1.40 bits per heavy atom. The summed E-state index contributed by atoms with van der Waals surface area (Å²) in [5.41, 5.74) is 0.682. The molecular weight excluding hydrogens is 260 g/mol. The van der Waals surface area contributed by atoms with Crippen LogP contribution in [0.5, 0.6) is 0 Å². The zero-order valence-electron chi connectivity index (χ0n) is 9.21. The number of hydrazone groups is 1. The van der Waals surface area contributed by atoms with Crippen LogP contribution in [0.1, 0.15) is 40.0 Å². The van der Waals surface area contributed by atoms with Gasteiger partial charge in [0.2, 0.25) is 0 Å². The molecule has 0 saturated heterocycles. The summed E-state index contributed by atoms with van der Waals surface area (Å²) in [6.45, 7) is 6.34. The molecule has 0 N–H and O–H groups in total. The Morgan fingerprint density at radius 3 is 2.40 bits per heavy atom. The van der Waals surface area contributed by atoms with Crippen LogP contribution in [-0.2, 0) is 0 Å². The Labute approximate surface area is 97.4 Å². The van der Waals surface area contributed by atoms with Crippen molar-refractivity contribution in [2.75, 3.05) is 0 Å². The molecule has 2 fully saturated rings. The molecule has 0 spiro atoms. The van der Waals surface area contributed by atoms with Crippen LogP contribution in [0.2, 0.25) is 0 Å². The van der Waals surface area contributed by atoms with Gasteiger partial charge in [0.05, 0.1) is 9.43 Å². The second kappa shape index (κ2) is 2.81. The second-order valence-electron chi connectivity index (χ2n) is 5.51. The molecule has 2 aliphatic carbocycles. The van der Waals surface area contributed by atoms with Gasteiger partial charge in [0.15, 0.2) is 5.03 Å². The number of fused-ring (bicyclic) bond motifs is 2. The fourth-order valence-corrected chi connectivity index (χ4v) is 4.54. The van der Waals surface area contributed by atoms with Gasteiger partial charge in [-0.15, -0.1) is 0 Å². The van der Waals surface area contributed by atoms with Gasteiger partial charge in [-0.3, -0.25) is 0 Å². The molecule has 2 rings (SSSR count). The van der Waals surface area contributed by atoms with E-state index in [1.54, 1.807) is 0 Å². The molecule has 0 radical (unpaired) electrons. The van der Waals surface area contributed by atoms with Crippen molar-refractivity contribution in [2.45, 2.75) is 44.4 Å². The van der Waals surface area contributed by atoms with Gasteiger partial charge in [0, 0.05) is 5.41 Å². The average molecular weight is 275 g/mol. The van der Waals surface area contributed by atoms with E-state index in [9.17, 15) is 10.1 Å². The lowest BCUT2D eigenvalue weighted by molar-refractivity contribution is -0.485. The van der Waals surface area contributed by atoms with Gasteiger partial charge in [0.1, 0.15) is 5.71 Å². The number of hydrogen-bond acceptors (Lipinski definition) is 2. The minimum absolute atomic E-state index is 0.144. The third-order valence-corrected chi connectivity index (χ3v) is 5.50. The average Bonchev–Trinajstić information content (AvgIpc) is 2.45. The highest BCUT2D eigenvalue weighted by Crippen LogP contribution is 2.66. The molecule has 0 heterocycles. The molecule has 0 aromatic rings. The quantitative estimate of drug-likeness (QED) is 0.419. The maximum atomic E-state index is 10.6. The Balaban J connectivity index is 2.53. The first-order valence-electron chi connectivity index (χ1n) is 5.14. The molecule has 15 heavy (non-hydrogen) atoms. The van der Waals surface area contributed by atoms with Crippen LogP contribution < -0.4 is 0 Å². The van der Waals surface area contributed by atoms with Crippen molar-refractivity contribution in [2.24, 2.45) is 15.9 Å². The fraction of sp³-hybridized carbons (Fsp3) is 0.900. The van der Waals surface area contributed by atoms with E-state index in [-0.39, 0.29) is 15.2 Å². The Morgan fingerprint density at radius 2 is 2.00 bits per heavy atom. The van der Waals surface area contributed by atoms with E-state index >= 15 is 0 Å². The molecule has 84 valence electrons. The molecule has 0 aliphatic heterocycles. The zero-order valence-corrected chi connectivity index (χ0v) is 10.8. The number of nitro groups is 1. The SMILES string of the molecule is CC1(C)/C(=N/[N+](=O)[O-])[C@@]2(Br)CC[C@]1(C)C2. The van der Waals surface area contributed by atoms with Crippen molar-refractivity contribution in [1.82, 2.24) is 0 Å². The van der Waals surface area contributed by atoms with Crippen molar-refractivity contribution in [3.63, 3.8) is 0 Å². The number of hydrogen-bond donors (Lipinski definition) is 0. The maximum absolute atomic E-state index is 10.6. The predicted octanol–water partition coefficient (Wildman–Crippen LogP) is 2.98. The van der Waals surface area contributed by atoms with Crippen LogP contribution >= 0.6 is 15.9 Å². The third-order valence-electron chi connectivity index (χ3n) is 4.45. The molecule has 0 aromatic heterocycles. The van der Waals surface area contributed by atoms with Gasteiger partial charge in [0.25, 0.3) is 0 Å². The summed E-state index contributed by atoms with van der Waals surface area (Å²) in [5, 5.41) is 13.6. The minimum Gasteiger partial charge on any atom is -0.233 e. The summed E-state index contributed by atoms with van der Waals surface area (Å²) in [7, 11) is 0. The van der Waals surface area contributed by atoms with E-state index in [2.05, 4.69) is 41.8 Å². The van der Waals surface area contributed by atoms with E-state index in [1.807, 2.05) is 0 Å². The van der Waals surface area contributed by atoms with Crippen LogP contribution in [0.3, 0.4) is 0 Å². The standard InChI is InChI=1S/C10H15BrN2O2/c1-8(2)7(12-13(14)15)10(11)5-4-9(8,3)6-10/h4-6H2,1-3H3/b12-7-/t9-,10-/m1/s1. The highest BCUT2D eigenvalue weighted by atomic mass is 79.9. The fourth-order valence-electron chi connectivity index (χ4n) is 3.15. The lowest BCUT2D eigenvalue weighted by atomic mass is 9.65. The van der Waals surface area contributed by atoms with E-state index in [0.29, 0.717) is 5.71 Å². The molecule has 4 nitrogen and oxygen atoms in total. The van der Waals surface area contributed by atoms with Gasteiger partial charge in [-0.1, -0.05) is 36.7 Å². The summed E-state index contributed by atoms with van der Waals surface area (Å²) >= 11 is 3.66. The van der Waals surface area contributed by atoms with Crippen molar-refractivity contribution in [1.29, 1.82) is 0 Å². The van der Waals surface area contributed by atoms with Crippen LogP contribution in [0.25, 0.3) is 0 Å². The van der Waals surface area contributed by atoms with Gasteiger partial charge < -0.3 is 0 Å². The van der Waals surface area contributed by atoms with E-state index in [1.165, 1.54) is 0 Å². The zero-order chi connectivity index (χ0) is 11.5. The lowest BCUT2D eigenvalue weighted by Crippen LogP contribution is -2.42. The van der Waals surface area contributed by atoms with Gasteiger partial charge in [-0.25, -0.2) is 10.1 Å². The van der Waals surface area contributed by atoms with Gasteiger partial charge in [-0.05, 0) is 24.7 Å². The number of nitrogens with zero attached hydrogens (tertiary/aromatic N) is 2. The van der Waals surface area contributed by atoms with Crippen molar-refractivity contribution >= 4 is 21.6 Å². The van der Waals surface area contributed by atoms with Gasteiger partial charge in [-0.2, -0.15) is 0 Å². The first-order valence-corrected chi connectivity index (χ1v) is 5.93. The van der Waals surface area contributed by atoms with E-state index in [4.69, 9.17) is 0 Å². The molecule has 2 saturated carbocycles.